The summed E-state index contributed by atoms with van der Waals surface area (Å²) in [6, 6.07) is 6.49. The van der Waals surface area contributed by atoms with Gasteiger partial charge in [0.25, 0.3) is 11.8 Å². The summed E-state index contributed by atoms with van der Waals surface area (Å²) in [4.78, 5) is 35.4. The molecule has 2 aromatic rings. The molecule has 0 spiro atoms. The standard InChI is InChI=1S/C19H22N2O5/c1-11-12(2)26-13(3)17(11)19(24)21-15-7-5-14(6-8-15)18(23)20-10-9-16(22)25-4/h5-8H,9-10H2,1-4H3,(H,20,23)(H,21,24). The molecule has 1 heterocycles. The van der Waals surface area contributed by atoms with Crippen LogP contribution in [0.2, 0.25) is 0 Å². The van der Waals surface area contributed by atoms with Gasteiger partial charge in [0.2, 0.25) is 0 Å². The van der Waals surface area contributed by atoms with Crippen LogP contribution in [0.4, 0.5) is 5.69 Å². The summed E-state index contributed by atoms with van der Waals surface area (Å²) in [5, 5.41) is 5.42. The van der Waals surface area contributed by atoms with Gasteiger partial charge in [0, 0.05) is 23.4 Å². The lowest BCUT2D eigenvalue weighted by Crippen LogP contribution is -2.26. The van der Waals surface area contributed by atoms with E-state index >= 15 is 0 Å². The molecular weight excluding hydrogens is 336 g/mol. The predicted octanol–water partition coefficient (Wildman–Crippen LogP) is 2.75. The van der Waals surface area contributed by atoms with E-state index in [9.17, 15) is 14.4 Å². The van der Waals surface area contributed by atoms with Crippen LogP contribution in [0.3, 0.4) is 0 Å². The Hall–Kier alpha value is -3.09. The van der Waals surface area contributed by atoms with E-state index in [1.54, 1.807) is 31.2 Å². The van der Waals surface area contributed by atoms with Crippen LogP contribution < -0.4 is 10.6 Å². The zero-order chi connectivity index (χ0) is 19.3. The molecule has 0 radical (unpaired) electrons. The molecule has 0 unspecified atom stereocenters. The minimum Gasteiger partial charge on any atom is -0.469 e. The Morgan fingerprint density at radius 2 is 1.65 bits per heavy atom. The largest absolute Gasteiger partial charge is 0.469 e. The molecule has 1 aromatic heterocycles. The number of nitrogens with one attached hydrogen (secondary N) is 2. The third kappa shape index (κ3) is 4.50. The molecule has 26 heavy (non-hydrogen) atoms. The molecule has 0 aliphatic heterocycles. The molecule has 1 aromatic carbocycles. The summed E-state index contributed by atoms with van der Waals surface area (Å²) >= 11 is 0. The summed E-state index contributed by atoms with van der Waals surface area (Å²) in [5.41, 5.74) is 2.33. The number of hydrogen-bond acceptors (Lipinski definition) is 5. The summed E-state index contributed by atoms with van der Waals surface area (Å²) < 4.78 is 9.98. The Morgan fingerprint density at radius 1 is 1.00 bits per heavy atom. The highest BCUT2D eigenvalue weighted by atomic mass is 16.5. The van der Waals surface area contributed by atoms with Crippen molar-refractivity contribution in [3.05, 3.63) is 52.5 Å². The van der Waals surface area contributed by atoms with Crippen molar-refractivity contribution in [1.29, 1.82) is 0 Å². The number of hydrogen-bond donors (Lipinski definition) is 2. The van der Waals surface area contributed by atoms with E-state index in [1.165, 1.54) is 7.11 Å². The van der Waals surface area contributed by atoms with Crippen molar-refractivity contribution in [1.82, 2.24) is 5.32 Å². The fraction of sp³-hybridized carbons (Fsp3) is 0.316. The SMILES string of the molecule is COC(=O)CCNC(=O)c1ccc(NC(=O)c2c(C)oc(C)c2C)cc1. The molecule has 0 fully saturated rings. The highest BCUT2D eigenvalue weighted by Gasteiger charge is 2.18. The lowest BCUT2D eigenvalue weighted by Gasteiger charge is -2.08. The summed E-state index contributed by atoms with van der Waals surface area (Å²) in [6.45, 7) is 5.59. The number of benzene rings is 1. The van der Waals surface area contributed by atoms with Gasteiger partial charge in [0.15, 0.2) is 0 Å². The van der Waals surface area contributed by atoms with Gasteiger partial charge in [-0.2, -0.15) is 0 Å². The van der Waals surface area contributed by atoms with Crippen molar-refractivity contribution in [3.8, 4) is 0 Å². The average Bonchev–Trinajstić information content (AvgIpc) is 2.87. The molecule has 138 valence electrons. The maximum Gasteiger partial charge on any atom is 0.307 e. The smallest absolute Gasteiger partial charge is 0.307 e. The number of furan rings is 1. The minimum absolute atomic E-state index is 0.110. The molecule has 0 bridgehead atoms. The first-order valence-corrected chi connectivity index (χ1v) is 8.16. The van der Waals surface area contributed by atoms with Gasteiger partial charge in [0.1, 0.15) is 11.5 Å². The number of aryl methyl sites for hydroxylation is 2. The normalized spacial score (nSPS) is 10.3. The Bertz CT molecular complexity index is 821. The van der Waals surface area contributed by atoms with Gasteiger partial charge in [-0.3, -0.25) is 14.4 Å². The van der Waals surface area contributed by atoms with E-state index in [-0.39, 0.29) is 30.7 Å². The number of anilines is 1. The quantitative estimate of drug-likeness (QED) is 0.774. The molecule has 0 atom stereocenters. The maximum atomic E-state index is 12.4. The fourth-order valence-electron chi connectivity index (χ4n) is 2.51. The average molecular weight is 358 g/mol. The van der Waals surface area contributed by atoms with E-state index < -0.39 is 0 Å². The van der Waals surface area contributed by atoms with Crippen LogP contribution in [0.5, 0.6) is 0 Å². The number of carbonyl (C=O) groups is 3. The first-order valence-electron chi connectivity index (χ1n) is 8.16. The van der Waals surface area contributed by atoms with Gasteiger partial charge in [-0.25, -0.2) is 0 Å². The van der Waals surface area contributed by atoms with Crippen LogP contribution in [-0.2, 0) is 9.53 Å². The third-order valence-corrected chi connectivity index (χ3v) is 4.04. The van der Waals surface area contributed by atoms with Gasteiger partial charge < -0.3 is 19.8 Å². The minimum atomic E-state index is -0.386. The highest BCUT2D eigenvalue weighted by Crippen LogP contribution is 2.22. The lowest BCUT2D eigenvalue weighted by atomic mass is 10.1. The maximum absolute atomic E-state index is 12.4. The molecule has 7 nitrogen and oxygen atoms in total. The van der Waals surface area contributed by atoms with Crippen LogP contribution in [0.1, 0.15) is 44.2 Å². The van der Waals surface area contributed by atoms with Gasteiger partial charge in [-0.05, 0) is 45.0 Å². The number of methoxy groups -OCH3 is 1. The first-order chi connectivity index (χ1) is 12.3. The van der Waals surface area contributed by atoms with Crippen molar-refractivity contribution in [2.24, 2.45) is 0 Å². The lowest BCUT2D eigenvalue weighted by molar-refractivity contribution is -0.140. The fourth-order valence-corrected chi connectivity index (χ4v) is 2.51. The highest BCUT2D eigenvalue weighted by molar-refractivity contribution is 6.06. The second-order valence-corrected chi connectivity index (χ2v) is 5.83. The van der Waals surface area contributed by atoms with E-state index in [0.717, 1.165) is 5.56 Å². The first kappa shape index (κ1) is 19.2. The molecule has 2 N–H and O–H groups in total. The van der Waals surface area contributed by atoms with Crippen molar-refractivity contribution in [2.45, 2.75) is 27.2 Å². The van der Waals surface area contributed by atoms with Crippen LogP contribution in [0.25, 0.3) is 0 Å². The van der Waals surface area contributed by atoms with Gasteiger partial charge in [-0.15, -0.1) is 0 Å². The number of ether oxygens (including phenoxy) is 1. The molecular formula is C19H22N2O5. The Morgan fingerprint density at radius 3 is 2.19 bits per heavy atom. The molecule has 2 amide bonds. The molecule has 0 saturated carbocycles. The van der Waals surface area contributed by atoms with Crippen molar-refractivity contribution < 1.29 is 23.5 Å². The topological polar surface area (TPSA) is 97.6 Å². The monoisotopic (exact) mass is 358 g/mol. The second-order valence-electron chi connectivity index (χ2n) is 5.83. The number of esters is 1. The van der Waals surface area contributed by atoms with E-state index in [4.69, 9.17) is 4.42 Å². The zero-order valence-corrected chi connectivity index (χ0v) is 15.3. The van der Waals surface area contributed by atoms with Crippen molar-refractivity contribution in [2.75, 3.05) is 19.0 Å². The van der Waals surface area contributed by atoms with Gasteiger partial charge in [-0.1, -0.05) is 0 Å². The Kier molecular flexibility index (Phi) is 6.16. The van der Waals surface area contributed by atoms with Crippen LogP contribution in [-0.4, -0.2) is 31.4 Å². The molecule has 0 aliphatic rings. The van der Waals surface area contributed by atoms with Crippen LogP contribution >= 0.6 is 0 Å². The number of carbonyl (C=O) groups excluding carboxylic acids is 3. The molecule has 0 saturated heterocycles. The number of rotatable bonds is 6. The second kappa shape index (κ2) is 8.33. The molecule has 7 heteroatoms. The Balaban J connectivity index is 1.97. The van der Waals surface area contributed by atoms with Gasteiger partial charge >= 0.3 is 5.97 Å². The summed E-state index contributed by atoms with van der Waals surface area (Å²) in [5.74, 6) is 0.338. The van der Waals surface area contributed by atoms with Crippen molar-refractivity contribution in [3.63, 3.8) is 0 Å². The predicted molar refractivity (Wildman–Crippen MR) is 96.3 cm³/mol. The molecule has 2 rings (SSSR count). The third-order valence-electron chi connectivity index (χ3n) is 4.04. The van der Waals surface area contributed by atoms with E-state index in [2.05, 4.69) is 15.4 Å². The van der Waals surface area contributed by atoms with Crippen LogP contribution in [0, 0.1) is 20.8 Å². The summed E-state index contributed by atoms with van der Waals surface area (Å²) in [7, 11) is 1.30. The summed E-state index contributed by atoms with van der Waals surface area (Å²) in [6.07, 6.45) is 0.110. The van der Waals surface area contributed by atoms with Crippen molar-refractivity contribution >= 4 is 23.5 Å². The number of amides is 2. The van der Waals surface area contributed by atoms with E-state index in [1.807, 2.05) is 13.8 Å². The zero-order valence-electron chi connectivity index (χ0n) is 15.3. The molecule has 0 aliphatic carbocycles. The Labute approximate surface area is 151 Å². The van der Waals surface area contributed by atoms with Gasteiger partial charge in [0.05, 0.1) is 19.1 Å². The van der Waals surface area contributed by atoms with E-state index in [0.29, 0.717) is 28.3 Å². The van der Waals surface area contributed by atoms with Crippen LogP contribution in [0.15, 0.2) is 28.7 Å².